The maximum atomic E-state index is 5.86. The van der Waals surface area contributed by atoms with Crippen LogP contribution in [0.1, 0.15) is 70.2 Å². The number of rotatable bonds is 4. The van der Waals surface area contributed by atoms with Gasteiger partial charge in [0, 0.05) is 0 Å². The second-order valence-corrected chi connectivity index (χ2v) is 17.8. The van der Waals surface area contributed by atoms with Crippen LogP contribution in [0.5, 0.6) is 0 Å². The Morgan fingerprint density at radius 3 is 1.30 bits per heavy atom. The summed E-state index contributed by atoms with van der Waals surface area (Å²) < 4.78 is 1.31. The summed E-state index contributed by atoms with van der Waals surface area (Å²) in [6.45, 7) is 13.9. The summed E-state index contributed by atoms with van der Waals surface area (Å²) in [4.78, 5) is 0. The first-order chi connectivity index (χ1) is 25.8. The maximum absolute atomic E-state index is 5.86. The summed E-state index contributed by atoms with van der Waals surface area (Å²) >= 11 is 13.1. The molecule has 1 aliphatic carbocycles. The third-order valence-corrected chi connectivity index (χ3v) is 11.5. The second-order valence-electron chi connectivity index (χ2n) is 15.7. The van der Waals surface area contributed by atoms with Gasteiger partial charge in [0.15, 0.2) is 0 Å². The van der Waals surface area contributed by atoms with E-state index < -0.39 is 0 Å². The molecule has 7 aromatic rings. The molecular formula is C51H46Cl2Zr. The van der Waals surface area contributed by atoms with Gasteiger partial charge in [-0.2, -0.15) is 6.08 Å². The third kappa shape index (κ3) is 9.62. The van der Waals surface area contributed by atoms with E-state index in [0.29, 0.717) is 0 Å². The van der Waals surface area contributed by atoms with Crippen LogP contribution in [0.4, 0.5) is 0 Å². The van der Waals surface area contributed by atoms with E-state index in [1.807, 2.05) is 60.7 Å². The van der Waals surface area contributed by atoms with Crippen molar-refractivity contribution in [2.24, 2.45) is 0 Å². The van der Waals surface area contributed by atoms with Gasteiger partial charge in [-0.05, 0) is 44.2 Å². The van der Waals surface area contributed by atoms with Crippen LogP contribution >= 0.6 is 23.2 Å². The van der Waals surface area contributed by atoms with E-state index in [0.717, 1.165) is 16.5 Å². The molecule has 3 heteroatoms. The van der Waals surface area contributed by atoms with Crippen LogP contribution in [0.2, 0.25) is 10.0 Å². The fourth-order valence-electron chi connectivity index (χ4n) is 6.80. The second kappa shape index (κ2) is 17.2. The Morgan fingerprint density at radius 2 is 0.981 bits per heavy atom. The van der Waals surface area contributed by atoms with Gasteiger partial charge in [0.05, 0.1) is 0 Å². The van der Waals surface area contributed by atoms with Gasteiger partial charge in [-0.1, -0.05) is 114 Å². The fraction of sp³-hybridized carbons (Fsp3) is 0.176. The number of hydrogen-bond donors (Lipinski definition) is 0. The normalized spacial score (nSPS) is 12.3. The van der Waals surface area contributed by atoms with Crippen LogP contribution in [0.25, 0.3) is 43.8 Å². The van der Waals surface area contributed by atoms with E-state index >= 15 is 0 Å². The Kier molecular flexibility index (Phi) is 12.6. The molecule has 1 aliphatic rings. The fourth-order valence-corrected chi connectivity index (χ4v) is 7.87. The molecular weight excluding hydrogens is 775 g/mol. The SMILES string of the molecule is CC(C)(C)c1cc2c(cc1-c1ccccc1)[cH-]c1cc(-c3ccccc3)c(C(C)(C)C)cc12.Clc1ccc([C](=[Zr+2])c2ccc(Cl)cc2)cc1.[C-]1=CC=CC1. The van der Waals surface area contributed by atoms with E-state index in [-0.39, 0.29) is 10.8 Å². The Labute approximate surface area is 346 Å². The van der Waals surface area contributed by atoms with Crippen molar-refractivity contribution in [2.45, 2.75) is 58.8 Å². The van der Waals surface area contributed by atoms with Crippen LogP contribution < -0.4 is 0 Å². The van der Waals surface area contributed by atoms with Gasteiger partial charge in [0.1, 0.15) is 0 Å². The van der Waals surface area contributed by atoms with Gasteiger partial charge in [0.25, 0.3) is 0 Å². The van der Waals surface area contributed by atoms with Gasteiger partial charge in [-0.3, -0.25) is 6.08 Å². The standard InChI is InChI=1S/C33H33.C13H8Cl2.C5H5.Zr/c1-32(2,3)30-20-26-24(18-28(30)22-13-9-7-10-14-22)17-25-19-29(23-15-11-8-12-16-23)31(21-27(25)26)33(4,5)6;14-12-5-1-10(2-6-12)9-11-3-7-13(15)8-4-11;1-2-4-5-3-1;/h7-21H,1-6H3;1-8H;1-3H,4H2;/q-1;;-1;+2. The van der Waals surface area contributed by atoms with E-state index in [1.54, 1.807) is 0 Å². The maximum Gasteiger partial charge on any atom is -0.109 e. The number of fused-ring (bicyclic) bond motifs is 3. The minimum atomic E-state index is 0.0554. The van der Waals surface area contributed by atoms with Gasteiger partial charge in [-0.25, -0.2) is 12.2 Å². The van der Waals surface area contributed by atoms with E-state index in [9.17, 15) is 0 Å². The van der Waals surface area contributed by atoms with Crippen molar-refractivity contribution >= 4 is 48.0 Å². The zero-order valence-corrected chi connectivity index (χ0v) is 35.9. The Balaban J connectivity index is 0.000000195. The molecule has 0 atom stereocenters. The molecule has 8 rings (SSSR count). The molecule has 0 N–H and O–H groups in total. The minimum Gasteiger partial charge on any atom is -0.273 e. The van der Waals surface area contributed by atoms with Gasteiger partial charge < -0.3 is 0 Å². The quantitative estimate of drug-likeness (QED) is 0.155. The van der Waals surface area contributed by atoms with Crippen molar-refractivity contribution in [3.05, 3.63) is 196 Å². The number of hydrogen-bond acceptors (Lipinski definition) is 0. The molecule has 0 amide bonds. The van der Waals surface area contributed by atoms with Gasteiger partial charge in [0.2, 0.25) is 0 Å². The molecule has 0 radical (unpaired) electrons. The third-order valence-electron chi connectivity index (χ3n) is 9.62. The van der Waals surface area contributed by atoms with Gasteiger partial charge >= 0.3 is 120 Å². The molecule has 268 valence electrons. The smallest absolute Gasteiger partial charge is 0.109 e. The zero-order valence-electron chi connectivity index (χ0n) is 32.0. The largest absolute Gasteiger partial charge is 0.273 e. The number of halogens is 2. The molecule has 0 nitrogen and oxygen atoms in total. The molecule has 7 aromatic carbocycles. The predicted molar refractivity (Wildman–Crippen MR) is 233 cm³/mol. The minimum absolute atomic E-state index is 0.0554. The number of allylic oxidation sites excluding steroid dienone is 4. The first-order valence-corrected chi connectivity index (χ1v) is 20.4. The summed E-state index contributed by atoms with van der Waals surface area (Å²) in [5, 5.41) is 6.90. The monoisotopic (exact) mass is 818 g/mol. The average Bonchev–Trinajstić information content (AvgIpc) is 3.86. The zero-order chi connectivity index (χ0) is 38.5. The molecule has 0 fully saturated rings. The van der Waals surface area contributed by atoms with E-state index in [4.69, 9.17) is 23.2 Å². The topological polar surface area (TPSA) is 0 Å². The molecule has 0 spiro atoms. The number of benzene rings is 6. The van der Waals surface area contributed by atoms with Crippen molar-refractivity contribution in [1.82, 2.24) is 0 Å². The first-order valence-electron chi connectivity index (χ1n) is 18.4. The summed E-state index contributed by atoms with van der Waals surface area (Å²) in [6, 6.07) is 49.5. The van der Waals surface area contributed by atoms with Crippen LogP contribution in [0, 0.1) is 6.08 Å². The Hall–Kier alpha value is -4.00. The van der Waals surface area contributed by atoms with Crippen LogP contribution in [0.3, 0.4) is 0 Å². The van der Waals surface area contributed by atoms with Crippen molar-refractivity contribution in [3.63, 3.8) is 0 Å². The molecule has 0 saturated heterocycles. The molecule has 0 bridgehead atoms. The summed E-state index contributed by atoms with van der Waals surface area (Å²) in [6.07, 6.45) is 10.0. The molecule has 0 heterocycles. The van der Waals surface area contributed by atoms with Crippen molar-refractivity contribution in [1.29, 1.82) is 0 Å². The van der Waals surface area contributed by atoms with Crippen LogP contribution in [-0.4, -0.2) is 3.21 Å². The molecule has 0 unspecified atom stereocenters. The Morgan fingerprint density at radius 1 is 0.574 bits per heavy atom. The van der Waals surface area contributed by atoms with Crippen molar-refractivity contribution < 1.29 is 24.2 Å². The molecule has 0 saturated carbocycles. The Bertz CT molecular complexity index is 2250. The van der Waals surface area contributed by atoms with Crippen molar-refractivity contribution in [3.8, 4) is 22.3 Å². The van der Waals surface area contributed by atoms with Gasteiger partial charge in [-0.15, -0.1) is 46.2 Å². The summed E-state index contributed by atoms with van der Waals surface area (Å²) in [5.41, 5.74) is 10.6. The van der Waals surface area contributed by atoms with Crippen molar-refractivity contribution in [2.75, 3.05) is 0 Å². The van der Waals surface area contributed by atoms with Crippen LogP contribution in [0.15, 0.2) is 158 Å². The summed E-state index contributed by atoms with van der Waals surface area (Å²) in [5.74, 6) is 0. The molecule has 54 heavy (non-hydrogen) atoms. The van der Waals surface area contributed by atoms with E-state index in [2.05, 4.69) is 145 Å². The first kappa shape index (κ1) is 39.7. The van der Waals surface area contributed by atoms with Crippen LogP contribution in [-0.2, 0) is 35.1 Å². The predicted octanol–water partition coefficient (Wildman–Crippen LogP) is 15.1. The average molecular weight is 821 g/mol. The van der Waals surface area contributed by atoms with E-state index in [1.165, 1.54) is 93.5 Å². The summed E-state index contributed by atoms with van der Waals surface area (Å²) in [7, 11) is 0. The molecule has 0 aliphatic heterocycles. The molecule has 0 aromatic heterocycles.